The van der Waals surface area contributed by atoms with E-state index in [1.807, 2.05) is 0 Å². The molecule has 0 N–H and O–H groups in total. The van der Waals surface area contributed by atoms with Gasteiger partial charge < -0.3 is 14.2 Å². The van der Waals surface area contributed by atoms with Gasteiger partial charge in [0.15, 0.2) is 6.10 Å². The van der Waals surface area contributed by atoms with Crippen LogP contribution in [0.15, 0.2) is 72.9 Å². The first kappa shape index (κ1) is 61.9. The number of carbonyl (C=O) groups excluding carboxylic acids is 3. The Morgan fingerprint density at radius 1 is 0.323 bits per heavy atom. The lowest BCUT2D eigenvalue weighted by molar-refractivity contribution is -0.167. The molecule has 0 fully saturated rings. The minimum atomic E-state index is -0.784. The van der Waals surface area contributed by atoms with Gasteiger partial charge in [-0.1, -0.05) is 229 Å². The maximum Gasteiger partial charge on any atom is 0.306 e. The largest absolute Gasteiger partial charge is 0.462 e. The summed E-state index contributed by atoms with van der Waals surface area (Å²) in [6.07, 6.45) is 67.9. The normalized spacial score (nSPS) is 12.6. The Bertz CT molecular complexity index is 1230. The second-order valence-electron chi connectivity index (χ2n) is 18.1. The molecule has 6 heteroatoms. The van der Waals surface area contributed by atoms with Crippen molar-refractivity contribution in [3.8, 4) is 0 Å². The first-order valence-corrected chi connectivity index (χ1v) is 27.4. The molecule has 0 aliphatic heterocycles. The van der Waals surface area contributed by atoms with E-state index in [1.165, 1.54) is 116 Å². The maximum absolute atomic E-state index is 12.7. The summed E-state index contributed by atoms with van der Waals surface area (Å²) in [5, 5.41) is 0. The molecule has 0 aromatic rings. The number of esters is 3. The molecule has 0 aliphatic rings. The van der Waals surface area contributed by atoms with Crippen LogP contribution in [0.3, 0.4) is 0 Å². The second-order valence-corrected chi connectivity index (χ2v) is 18.1. The topological polar surface area (TPSA) is 78.9 Å². The van der Waals surface area contributed by atoms with E-state index in [0.29, 0.717) is 19.3 Å². The molecule has 0 saturated heterocycles. The summed E-state index contributed by atoms with van der Waals surface area (Å²) < 4.78 is 16.7. The Morgan fingerprint density at radius 2 is 0.600 bits per heavy atom. The molecule has 0 rings (SSSR count). The first-order valence-electron chi connectivity index (χ1n) is 27.4. The highest BCUT2D eigenvalue weighted by molar-refractivity contribution is 5.71. The average molecular weight is 907 g/mol. The standard InChI is InChI=1S/C59H102O6/c1-4-7-10-13-15-17-19-21-23-25-26-27-28-29-30-31-32-34-35-37-39-41-43-46-49-52-58(61)64-55-56(54-63-57(60)51-48-45-12-9-6-3)65-59(62)53-50-47-44-42-40-38-36-33-24-22-20-18-16-14-11-8-5-2/h8,11,16,18-19,21-22,24-26,36,38,56H,4-7,9-10,12-15,17,20,23,27-35,37,39-55H2,1-3H3/b11-8-,18-16-,21-19-,24-22-,26-25-,38-36-. The van der Waals surface area contributed by atoms with Gasteiger partial charge in [0.1, 0.15) is 13.2 Å². The number of rotatable bonds is 49. The van der Waals surface area contributed by atoms with Crippen LogP contribution in [0.4, 0.5) is 0 Å². The number of carbonyl (C=O) groups is 3. The van der Waals surface area contributed by atoms with Crippen LogP contribution in [0.5, 0.6) is 0 Å². The monoisotopic (exact) mass is 907 g/mol. The van der Waals surface area contributed by atoms with Crippen molar-refractivity contribution in [2.75, 3.05) is 13.2 Å². The quantitative estimate of drug-likeness (QED) is 0.0262. The summed E-state index contributed by atoms with van der Waals surface area (Å²) in [6, 6.07) is 0. The van der Waals surface area contributed by atoms with E-state index in [-0.39, 0.29) is 31.1 Å². The Morgan fingerprint density at radius 3 is 0.938 bits per heavy atom. The first-order chi connectivity index (χ1) is 32.0. The third-order valence-electron chi connectivity index (χ3n) is 11.7. The van der Waals surface area contributed by atoms with Crippen molar-refractivity contribution in [3.05, 3.63) is 72.9 Å². The fraction of sp³-hybridized carbons (Fsp3) is 0.746. The number of allylic oxidation sites excluding steroid dienone is 12. The maximum atomic E-state index is 12.7. The van der Waals surface area contributed by atoms with Crippen molar-refractivity contribution in [1.82, 2.24) is 0 Å². The lowest BCUT2D eigenvalue weighted by atomic mass is 10.0. The minimum absolute atomic E-state index is 0.0853. The molecular weight excluding hydrogens is 805 g/mol. The van der Waals surface area contributed by atoms with Gasteiger partial charge in [-0.2, -0.15) is 0 Å². The number of unbranched alkanes of at least 4 members (excludes halogenated alkanes) is 26. The van der Waals surface area contributed by atoms with Gasteiger partial charge in [0.05, 0.1) is 0 Å². The number of hydrogen-bond acceptors (Lipinski definition) is 6. The molecule has 65 heavy (non-hydrogen) atoms. The average Bonchev–Trinajstić information content (AvgIpc) is 3.30. The van der Waals surface area contributed by atoms with E-state index in [1.54, 1.807) is 0 Å². The summed E-state index contributed by atoms with van der Waals surface area (Å²) in [4.78, 5) is 37.7. The lowest BCUT2D eigenvalue weighted by Gasteiger charge is -2.18. The Kier molecular flexibility index (Phi) is 50.9. The van der Waals surface area contributed by atoms with Gasteiger partial charge in [0.25, 0.3) is 0 Å². The predicted molar refractivity (Wildman–Crippen MR) is 279 cm³/mol. The molecule has 0 aliphatic carbocycles. The summed E-state index contributed by atoms with van der Waals surface area (Å²) in [5.74, 6) is -0.921. The van der Waals surface area contributed by atoms with Crippen LogP contribution in [-0.2, 0) is 28.6 Å². The molecule has 0 radical (unpaired) electrons. The van der Waals surface area contributed by atoms with Crippen LogP contribution in [0.25, 0.3) is 0 Å². The summed E-state index contributed by atoms with van der Waals surface area (Å²) in [5.41, 5.74) is 0. The van der Waals surface area contributed by atoms with Crippen molar-refractivity contribution in [3.63, 3.8) is 0 Å². The molecule has 374 valence electrons. The number of hydrogen-bond donors (Lipinski definition) is 0. The lowest BCUT2D eigenvalue weighted by Crippen LogP contribution is -2.30. The smallest absolute Gasteiger partial charge is 0.306 e. The van der Waals surface area contributed by atoms with E-state index in [0.717, 1.165) is 109 Å². The van der Waals surface area contributed by atoms with Crippen molar-refractivity contribution in [2.24, 2.45) is 0 Å². The zero-order valence-electron chi connectivity index (χ0n) is 42.7. The predicted octanol–water partition coefficient (Wildman–Crippen LogP) is 18.2. The molecule has 1 unspecified atom stereocenters. The van der Waals surface area contributed by atoms with E-state index in [2.05, 4.69) is 93.7 Å². The molecule has 0 heterocycles. The molecule has 1 atom stereocenters. The third kappa shape index (κ3) is 51.7. The van der Waals surface area contributed by atoms with E-state index in [4.69, 9.17) is 14.2 Å². The Labute approximate surface area is 402 Å². The van der Waals surface area contributed by atoms with Crippen molar-refractivity contribution in [2.45, 2.75) is 271 Å². The van der Waals surface area contributed by atoms with Crippen molar-refractivity contribution in [1.29, 1.82) is 0 Å². The highest BCUT2D eigenvalue weighted by Crippen LogP contribution is 2.15. The van der Waals surface area contributed by atoms with Gasteiger partial charge >= 0.3 is 17.9 Å². The molecule has 0 amide bonds. The molecule has 6 nitrogen and oxygen atoms in total. The Hall–Kier alpha value is -3.15. The summed E-state index contributed by atoms with van der Waals surface area (Å²) in [7, 11) is 0. The van der Waals surface area contributed by atoms with E-state index in [9.17, 15) is 14.4 Å². The number of ether oxygens (including phenoxy) is 3. The van der Waals surface area contributed by atoms with Gasteiger partial charge in [0, 0.05) is 19.3 Å². The molecule has 0 saturated carbocycles. The van der Waals surface area contributed by atoms with Crippen molar-refractivity contribution < 1.29 is 28.6 Å². The second kappa shape index (κ2) is 53.5. The third-order valence-corrected chi connectivity index (χ3v) is 11.7. The molecular formula is C59H102O6. The Balaban J connectivity index is 4.11. The van der Waals surface area contributed by atoms with Crippen molar-refractivity contribution >= 4 is 17.9 Å². The molecule has 0 bridgehead atoms. The molecule has 0 aromatic heterocycles. The minimum Gasteiger partial charge on any atom is -0.462 e. The highest BCUT2D eigenvalue weighted by Gasteiger charge is 2.19. The fourth-order valence-electron chi connectivity index (χ4n) is 7.58. The van der Waals surface area contributed by atoms with Gasteiger partial charge in [-0.05, 0) is 89.9 Å². The highest BCUT2D eigenvalue weighted by atomic mass is 16.6. The summed E-state index contributed by atoms with van der Waals surface area (Å²) >= 11 is 0. The van der Waals surface area contributed by atoms with Gasteiger partial charge in [-0.25, -0.2) is 0 Å². The molecule has 0 aromatic carbocycles. The van der Waals surface area contributed by atoms with Crippen LogP contribution >= 0.6 is 0 Å². The van der Waals surface area contributed by atoms with Gasteiger partial charge in [-0.15, -0.1) is 0 Å². The fourth-order valence-corrected chi connectivity index (χ4v) is 7.58. The van der Waals surface area contributed by atoms with Crippen LogP contribution in [0, 0.1) is 0 Å². The van der Waals surface area contributed by atoms with Crippen LogP contribution in [-0.4, -0.2) is 37.2 Å². The SMILES string of the molecule is CC/C=C\C/C=C\C/C=C\C/C=C\CCCCCCC(=O)OC(COC(=O)CCCCCCC)COC(=O)CCCCCCCCCCCCCCC/C=C\C/C=C\CCCCCCC. The zero-order chi connectivity index (χ0) is 47.2. The van der Waals surface area contributed by atoms with E-state index >= 15 is 0 Å². The molecule has 0 spiro atoms. The van der Waals surface area contributed by atoms with Gasteiger partial charge in [-0.3, -0.25) is 14.4 Å². The van der Waals surface area contributed by atoms with Crippen LogP contribution < -0.4 is 0 Å². The van der Waals surface area contributed by atoms with Crippen LogP contribution in [0.1, 0.15) is 265 Å². The van der Waals surface area contributed by atoms with Gasteiger partial charge in [0.2, 0.25) is 0 Å². The van der Waals surface area contributed by atoms with E-state index < -0.39 is 6.10 Å². The summed E-state index contributed by atoms with van der Waals surface area (Å²) in [6.45, 7) is 6.42. The zero-order valence-corrected chi connectivity index (χ0v) is 42.7. The van der Waals surface area contributed by atoms with Crippen LogP contribution in [0.2, 0.25) is 0 Å².